The third-order valence-electron chi connectivity index (χ3n) is 6.83. The van der Waals surface area contributed by atoms with E-state index in [9.17, 15) is 14.4 Å². The maximum atomic E-state index is 15.3. The second-order valence-electron chi connectivity index (χ2n) is 9.84. The number of cyclic esters (lactones) is 1. The van der Waals surface area contributed by atoms with Crippen molar-refractivity contribution in [3.05, 3.63) is 23.3 Å². The van der Waals surface area contributed by atoms with Gasteiger partial charge in [0.25, 0.3) is 0 Å². The summed E-state index contributed by atoms with van der Waals surface area (Å²) in [6, 6.07) is -0.682. The van der Waals surface area contributed by atoms with Crippen LogP contribution in [0.5, 0.6) is 0 Å². The van der Waals surface area contributed by atoms with Crippen LogP contribution in [0.15, 0.2) is 23.3 Å². The molecule has 2 unspecified atom stereocenters. The molecule has 36 heavy (non-hydrogen) atoms. The predicted molar refractivity (Wildman–Crippen MR) is 126 cm³/mol. The normalized spacial score (nSPS) is 26.7. The standard InChI is InChI=1S/C24H36F2N4O6/c1-14(2)21(27)22(32)35-16-5-7-29(8-6-16)13-18-19(25)9-24(34-4,10-20(18)26)30-12-17(36-23(30)33)11-28-15(3)31/h9,14,16-17,21H,5-8,10-13,27H2,1-4H3,(H,28,31)/t17-,21?,24?/m0/s1. The van der Waals surface area contributed by atoms with Gasteiger partial charge in [-0.1, -0.05) is 13.8 Å². The number of rotatable bonds is 9. The van der Waals surface area contributed by atoms with Crippen LogP contribution in [0.3, 0.4) is 0 Å². The van der Waals surface area contributed by atoms with Gasteiger partial charge in [0.1, 0.15) is 29.9 Å². The molecule has 0 bridgehead atoms. The van der Waals surface area contributed by atoms with Crippen molar-refractivity contribution < 1.29 is 37.4 Å². The van der Waals surface area contributed by atoms with Gasteiger partial charge in [0, 0.05) is 45.3 Å². The molecule has 12 heteroatoms. The topological polar surface area (TPSA) is 123 Å². The summed E-state index contributed by atoms with van der Waals surface area (Å²) in [4.78, 5) is 38.7. The average Bonchev–Trinajstić information content (AvgIpc) is 3.21. The number of nitrogens with two attached hydrogens (primary N) is 1. The highest BCUT2D eigenvalue weighted by Gasteiger charge is 2.49. The van der Waals surface area contributed by atoms with Gasteiger partial charge < -0.3 is 25.3 Å². The number of hydrogen-bond donors (Lipinski definition) is 2. The van der Waals surface area contributed by atoms with E-state index in [2.05, 4.69) is 5.32 Å². The number of carbonyl (C=O) groups excluding carboxylic acids is 3. The van der Waals surface area contributed by atoms with E-state index < -0.39 is 41.6 Å². The van der Waals surface area contributed by atoms with Crippen LogP contribution in [0.25, 0.3) is 0 Å². The van der Waals surface area contributed by atoms with Crippen molar-refractivity contribution in [3.63, 3.8) is 0 Å². The molecule has 0 aromatic rings. The van der Waals surface area contributed by atoms with E-state index in [1.54, 1.807) is 0 Å². The van der Waals surface area contributed by atoms with Crippen LogP contribution in [0, 0.1) is 5.92 Å². The Morgan fingerprint density at radius 1 is 1.31 bits per heavy atom. The molecule has 2 amide bonds. The molecule has 2 heterocycles. The van der Waals surface area contributed by atoms with E-state index in [0.29, 0.717) is 25.9 Å². The van der Waals surface area contributed by atoms with Crippen LogP contribution in [0.2, 0.25) is 0 Å². The number of hydrogen-bond acceptors (Lipinski definition) is 8. The molecule has 3 N–H and O–H groups in total. The van der Waals surface area contributed by atoms with Crippen LogP contribution in [-0.2, 0) is 23.8 Å². The molecule has 3 atom stereocenters. The quantitative estimate of drug-likeness (QED) is 0.446. The SMILES string of the molecule is COC1(N2C[C@H](CNC(C)=O)OC2=O)C=C(F)C(CN2CCC(OC(=O)C(N)C(C)C)CC2)=C(F)C1. The summed E-state index contributed by atoms with van der Waals surface area (Å²) < 4.78 is 46.6. The van der Waals surface area contributed by atoms with E-state index in [-0.39, 0.29) is 49.6 Å². The Morgan fingerprint density at radius 3 is 2.53 bits per heavy atom. The fourth-order valence-corrected chi connectivity index (χ4v) is 4.49. The van der Waals surface area contributed by atoms with Gasteiger partial charge in [0.05, 0.1) is 19.5 Å². The number of nitrogens with zero attached hydrogens (tertiary/aromatic N) is 2. The summed E-state index contributed by atoms with van der Waals surface area (Å²) in [7, 11) is 1.27. The molecule has 0 aromatic heterocycles. The lowest BCUT2D eigenvalue weighted by molar-refractivity contribution is -0.153. The van der Waals surface area contributed by atoms with Crippen LogP contribution in [0.4, 0.5) is 13.6 Å². The van der Waals surface area contributed by atoms with E-state index in [0.717, 1.165) is 11.0 Å². The van der Waals surface area contributed by atoms with Gasteiger partial charge >= 0.3 is 12.1 Å². The van der Waals surface area contributed by atoms with Crippen molar-refractivity contribution in [2.24, 2.45) is 11.7 Å². The van der Waals surface area contributed by atoms with E-state index >= 15 is 8.78 Å². The van der Waals surface area contributed by atoms with E-state index in [4.69, 9.17) is 19.9 Å². The smallest absolute Gasteiger partial charge is 0.412 e. The second-order valence-corrected chi connectivity index (χ2v) is 9.84. The Kier molecular flexibility index (Phi) is 9.07. The molecule has 10 nitrogen and oxygen atoms in total. The number of ether oxygens (including phenoxy) is 3. The van der Waals surface area contributed by atoms with Gasteiger partial charge in [0.2, 0.25) is 5.91 Å². The highest BCUT2D eigenvalue weighted by atomic mass is 19.1. The summed E-state index contributed by atoms with van der Waals surface area (Å²) in [5.74, 6) is -2.27. The molecule has 0 spiro atoms. The summed E-state index contributed by atoms with van der Waals surface area (Å²) >= 11 is 0. The lowest BCUT2D eigenvalue weighted by Gasteiger charge is -2.39. The molecule has 202 valence electrons. The predicted octanol–water partition coefficient (Wildman–Crippen LogP) is 1.76. The van der Waals surface area contributed by atoms with Crippen molar-refractivity contribution in [1.82, 2.24) is 15.1 Å². The van der Waals surface area contributed by atoms with Crippen LogP contribution in [-0.4, -0.2) is 91.6 Å². The molecule has 2 fully saturated rings. The van der Waals surface area contributed by atoms with E-state index in [1.807, 2.05) is 18.7 Å². The van der Waals surface area contributed by atoms with Crippen molar-refractivity contribution in [2.45, 2.75) is 64.0 Å². The molecule has 3 rings (SSSR count). The van der Waals surface area contributed by atoms with Gasteiger partial charge in [0.15, 0.2) is 5.72 Å². The number of piperidine rings is 1. The molecule has 2 aliphatic heterocycles. The second kappa shape index (κ2) is 11.7. The monoisotopic (exact) mass is 514 g/mol. The lowest BCUT2D eigenvalue weighted by Crippen LogP contribution is -2.51. The van der Waals surface area contributed by atoms with Gasteiger partial charge in [-0.2, -0.15) is 0 Å². The third-order valence-corrected chi connectivity index (χ3v) is 6.83. The van der Waals surface area contributed by atoms with Crippen LogP contribution in [0.1, 0.15) is 40.0 Å². The molecule has 2 saturated heterocycles. The number of methoxy groups -OCH3 is 1. The number of carbonyl (C=O) groups is 3. The number of amides is 2. The summed E-state index contributed by atoms with van der Waals surface area (Å²) in [6.07, 6.45) is 0.0920. The molecule has 3 aliphatic rings. The maximum absolute atomic E-state index is 15.3. The minimum absolute atomic E-state index is 0.00600. The van der Waals surface area contributed by atoms with Crippen molar-refractivity contribution in [3.8, 4) is 0 Å². The van der Waals surface area contributed by atoms with Gasteiger partial charge in [-0.3, -0.25) is 19.4 Å². The molecule has 0 aromatic carbocycles. The first-order chi connectivity index (χ1) is 17.0. The zero-order valence-corrected chi connectivity index (χ0v) is 21.2. The van der Waals surface area contributed by atoms with Gasteiger partial charge in [-0.25, -0.2) is 13.6 Å². The number of esters is 1. The fourth-order valence-electron chi connectivity index (χ4n) is 4.49. The summed E-state index contributed by atoms with van der Waals surface area (Å²) in [6.45, 7) is 6.15. The van der Waals surface area contributed by atoms with Crippen LogP contribution >= 0.6 is 0 Å². The maximum Gasteiger partial charge on any atom is 0.412 e. The Bertz CT molecular complexity index is 918. The number of likely N-dealkylation sites (tertiary alicyclic amines) is 1. The minimum atomic E-state index is -1.67. The first kappa shape index (κ1) is 28.0. The first-order valence-corrected chi connectivity index (χ1v) is 12.2. The molecule has 0 saturated carbocycles. The Balaban J connectivity index is 1.60. The zero-order chi connectivity index (χ0) is 26.6. The Morgan fingerprint density at radius 2 is 1.97 bits per heavy atom. The van der Waals surface area contributed by atoms with Crippen molar-refractivity contribution in [1.29, 1.82) is 0 Å². The number of nitrogens with one attached hydrogen (secondary N) is 1. The lowest BCUT2D eigenvalue weighted by atomic mass is 9.94. The first-order valence-electron chi connectivity index (χ1n) is 12.2. The van der Waals surface area contributed by atoms with Crippen molar-refractivity contribution >= 4 is 18.0 Å². The average molecular weight is 515 g/mol. The zero-order valence-electron chi connectivity index (χ0n) is 21.2. The fraction of sp³-hybridized carbons (Fsp3) is 0.708. The molecular weight excluding hydrogens is 478 g/mol. The highest BCUT2D eigenvalue weighted by molar-refractivity contribution is 5.76. The highest BCUT2D eigenvalue weighted by Crippen LogP contribution is 2.40. The molecule has 0 radical (unpaired) electrons. The Labute approximate surface area is 209 Å². The summed E-state index contributed by atoms with van der Waals surface area (Å²) in [5, 5.41) is 2.56. The summed E-state index contributed by atoms with van der Waals surface area (Å²) in [5.41, 5.74) is 4.07. The third kappa shape index (κ3) is 6.40. The van der Waals surface area contributed by atoms with E-state index in [1.165, 1.54) is 14.0 Å². The molecular formula is C24H36F2N4O6. The Hall–Kier alpha value is -2.57. The molecule has 1 aliphatic carbocycles. The van der Waals surface area contributed by atoms with Crippen molar-refractivity contribution in [2.75, 3.05) is 39.8 Å². The minimum Gasteiger partial charge on any atom is -0.461 e. The van der Waals surface area contributed by atoms with Gasteiger partial charge in [-0.15, -0.1) is 0 Å². The number of halogens is 2. The van der Waals surface area contributed by atoms with Gasteiger partial charge in [-0.05, 0) is 18.8 Å². The largest absolute Gasteiger partial charge is 0.461 e. The van der Waals surface area contributed by atoms with Crippen LogP contribution < -0.4 is 11.1 Å².